The molecule has 0 fully saturated rings. The Hall–Kier alpha value is -1.26. The van der Waals surface area contributed by atoms with Crippen LogP contribution in [0.15, 0.2) is 23.1 Å². The molecule has 0 saturated heterocycles. The van der Waals surface area contributed by atoms with E-state index in [1.807, 2.05) is 0 Å². The Bertz CT molecular complexity index is 557. The standard InChI is InChI=1S/C9H8F5NO3S/c10-5-1-2-7(6(11)3-5)19(17,18)15-4-8(16)9(12,13)14/h1-3,8,15-16H,4H2. The number of rotatable bonds is 4. The third kappa shape index (κ3) is 4.11. The molecule has 0 aliphatic rings. The lowest BCUT2D eigenvalue weighted by molar-refractivity contribution is -0.200. The van der Waals surface area contributed by atoms with Gasteiger partial charge in [-0.05, 0) is 12.1 Å². The smallest absolute Gasteiger partial charge is 0.382 e. The van der Waals surface area contributed by atoms with E-state index in [0.29, 0.717) is 12.1 Å². The van der Waals surface area contributed by atoms with Crippen molar-refractivity contribution in [3.63, 3.8) is 0 Å². The number of sulfonamides is 1. The number of aliphatic hydroxyl groups excluding tert-OH is 1. The second-order valence-electron chi connectivity index (χ2n) is 3.48. The highest BCUT2D eigenvalue weighted by Gasteiger charge is 2.38. The van der Waals surface area contributed by atoms with Gasteiger partial charge in [-0.3, -0.25) is 0 Å². The van der Waals surface area contributed by atoms with E-state index >= 15 is 0 Å². The van der Waals surface area contributed by atoms with Gasteiger partial charge in [0.1, 0.15) is 16.5 Å². The fourth-order valence-electron chi connectivity index (χ4n) is 1.08. The summed E-state index contributed by atoms with van der Waals surface area (Å²) in [6, 6.07) is 1.47. The van der Waals surface area contributed by atoms with Crippen LogP contribution in [-0.4, -0.2) is 32.3 Å². The van der Waals surface area contributed by atoms with Crippen molar-refractivity contribution in [1.29, 1.82) is 0 Å². The number of aliphatic hydroxyl groups is 1. The Balaban J connectivity index is 2.88. The number of hydrogen-bond acceptors (Lipinski definition) is 3. The van der Waals surface area contributed by atoms with Crippen molar-refractivity contribution in [2.45, 2.75) is 17.2 Å². The maximum atomic E-state index is 13.2. The molecule has 0 heterocycles. The van der Waals surface area contributed by atoms with Gasteiger partial charge < -0.3 is 5.11 Å². The predicted molar refractivity (Wildman–Crippen MR) is 53.6 cm³/mol. The van der Waals surface area contributed by atoms with E-state index in [4.69, 9.17) is 5.11 Å². The molecule has 0 radical (unpaired) electrons. The van der Waals surface area contributed by atoms with Gasteiger partial charge in [-0.1, -0.05) is 0 Å². The van der Waals surface area contributed by atoms with Gasteiger partial charge >= 0.3 is 6.18 Å². The quantitative estimate of drug-likeness (QED) is 0.821. The van der Waals surface area contributed by atoms with Crippen molar-refractivity contribution in [3.8, 4) is 0 Å². The van der Waals surface area contributed by atoms with E-state index in [0.717, 1.165) is 0 Å². The van der Waals surface area contributed by atoms with Crippen molar-refractivity contribution in [1.82, 2.24) is 4.72 Å². The molecule has 1 rings (SSSR count). The topological polar surface area (TPSA) is 66.4 Å². The molecular formula is C9H8F5NO3S. The van der Waals surface area contributed by atoms with Crippen LogP contribution >= 0.6 is 0 Å². The van der Waals surface area contributed by atoms with Gasteiger partial charge in [-0.15, -0.1) is 0 Å². The Labute approximate surface area is 104 Å². The molecule has 1 unspecified atom stereocenters. The summed E-state index contributed by atoms with van der Waals surface area (Å²) in [5, 5.41) is 8.60. The second kappa shape index (κ2) is 5.39. The lowest BCUT2D eigenvalue weighted by Crippen LogP contribution is -2.40. The van der Waals surface area contributed by atoms with Gasteiger partial charge in [0, 0.05) is 12.6 Å². The van der Waals surface area contributed by atoms with Crippen LogP contribution in [0.4, 0.5) is 22.0 Å². The largest absolute Gasteiger partial charge is 0.415 e. The van der Waals surface area contributed by atoms with Crippen LogP contribution in [0.1, 0.15) is 0 Å². The molecule has 0 saturated carbocycles. The zero-order valence-electron chi connectivity index (χ0n) is 9.08. The van der Waals surface area contributed by atoms with E-state index in [1.54, 1.807) is 0 Å². The first-order valence-corrected chi connectivity index (χ1v) is 6.22. The highest BCUT2D eigenvalue weighted by Crippen LogP contribution is 2.20. The van der Waals surface area contributed by atoms with Crippen molar-refractivity contribution in [2.75, 3.05) is 6.54 Å². The average molecular weight is 305 g/mol. The molecule has 10 heteroatoms. The summed E-state index contributed by atoms with van der Waals surface area (Å²) >= 11 is 0. The molecule has 0 aromatic heterocycles. The van der Waals surface area contributed by atoms with Crippen molar-refractivity contribution < 1.29 is 35.5 Å². The average Bonchev–Trinajstić information content (AvgIpc) is 2.24. The lowest BCUT2D eigenvalue weighted by atomic mass is 10.3. The van der Waals surface area contributed by atoms with Gasteiger partial charge in [-0.25, -0.2) is 21.9 Å². The third-order valence-corrected chi connectivity index (χ3v) is 3.48. The number of hydrogen-bond donors (Lipinski definition) is 2. The number of nitrogens with one attached hydrogen (secondary N) is 1. The molecule has 1 aromatic carbocycles. The highest BCUT2D eigenvalue weighted by atomic mass is 32.2. The number of alkyl halides is 3. The van der Waals surface area contributed by atoms with Gasteiger partial charge in [-0.2, -0.15) is 13.2 Å². The lowest BCUT2D eigenvalue weighted by Gasteiger charge is -2.15. The fraction of sp³-hybridized carbons (Fsp3) is 0.333. The van der Waals surface area contributed by atoms with Crippen molar-refractivity contribution in [3.05, 3.63) is 29.8 Å². The van der Waals surface area contributed by atoms with Crippen LogP contribution in [-0.2, 0) is 10.0 Å². The van der Waals surface area contributed by atoms with Crippen LogP contribution in [0.2, 0.25) is 0 Å². The van der Waals surface area contributed by atoms with E-state index < -0.39 is 45.4 Å². The molecular weight excluding hydrogens is 297 g/mol. The molecule has 108 valence electrons. The second-order valence-corrected chi connectivity index (χ2v) is 5.22. The monoisotopic (exact) mass is 305 g/mol. The Morgan fingerprint density at radius 1 is 1.26 bits per heavy atom. The Morgan fingerprint density at radius 2 is 1.84 bits per heavy atom. The van der Waals surface area contributed by atoms with Crippen LogP contribution in [0.25, 0.3) is 0 Å². The zero-order chi connectivity index (χ0) is 14.8. The minimum atomic E-state index is -5.01. The van der Waals surface area contributed by atoms with Gasteiger partial charge in [0.2, 0.25) is 10.0 Å². The summed E-state index contributed by atoms with van der Waals surface area (Å²) < 4.78 is 85.8. The molecule has 19 heavy (non-hydrogen) atoms. The van der Waals surface area contributed by atoms with E-state index in [1.165, 1.54) is 4.72 Å². The molecule has 4 nitrogen and oxygen atoms in total. The van der Waals surface area contributed by atoms with Gasteiger partial charge in [0.25, 0.3) is 0 Å². The number of benzene rings is 1. The Morgan fingerprint density at radius 3 is 2.32 bits per heavy atom. The first-order chi connectivity index (χ1) is 8.54. The maximum absolute atomic E-state index is 13.2. The minimum absolute atomic E-state index is 0.273. The summed E-state index contributed by atoms with van der Waals surface area (Å²) in [6.07, 6.45) is -7.94. The highest BCUT2D eigenvalue weighted by molar-refractivity contribution is 7.89. The first-order valence-electron chi connectivity index (χ1n) is 4.73. The third-order valence-electron chi connectivity index (χ3n) is 2.03. The van der Waals surface area contributed by atoms with Crippen LogP contribution in [0.5, 0.6) is 0 Å². The summed E-state index contributed by atoms with van der Waals surface area (Å²) in [7, 11) is -4.61. The minimum Gasteiger partial charge on any atom is -0.382 e. The maximum Gasteiger partial charge on any atom is 0.415 e. The van der Waals surface area contributed by atoms with Crippen molar-refractivity contribution >= 4 is 10.0 Å². The fourth-order valence-corrected chi connectivity index (χ4v) is 2.17. The summed E-state index contributed by atoms with van der Waals surface area (Å²) in [5.41, 5.74) is 0. The summed E-state index contributed by atoms with van der Waals surface area (Å²) in [6.45, 7) is -1.37. The van der Waals surface area contributed by atoms with Gasteiger partial charge in [0.05, 0.1) is 0 Å². The predicted octanol–water partition coefficient (Wildman–Crippen LogP) is 1.17. The van der Waals surface area contributed by atoms with Gasteiger partial charge in [0.15, 0.2) is 6.10 Å². The molecule has 2 N–H and O–H groups in total. The molecule has 1 atom stereocenters. The first kappa shape index (κ1) is 15.8. The van der Waals surface area contributed by atoms with E-state index in [-0.39, 0.29) is 6.07 Å². The van der Waals surface area contributed by atoms with Crippen LogP contribution in [0, 0.1) is 11.6 Å². The summed E-state index contributed by atoms with van der Waals surface area (Å²) in [4.78, 5) is -1.01. The van der Waals surface area contributed by atoms with Crippen molar-refractivity contribution in [2.24, 2.45) is 0 Å². The van der Waals surface area contributed by atoms with Crippen LogP contribution < -0.4 is 4.72 Å². The van der Waals surface area contributed by atoms with E-state index in [2.05, 4.69) is 0 Å². The number of halogens is 5. The van der Waals surface area contributed by atoms with Crippen LogP contribution in [0.3, 0.4) is 0 Å². The zero-order valence-corrected chi connectivity index (χ0v) is 9.89. The van der Waals surface area contributed by atoms with E-state index in [9.17, 15) is 30.4 Å². The molecule has 0 aliphatic heterocycles. The normalized spacial score (nSPS) is 14.4. The molecule has 0 spiro atoms. The molecule has 0 amide bonds. The SMILES string of the molecule is O=S(=O)(NCC(O)C(F)(F)F)c1ccc(F)cc1F. The summed E-state index contributed by atoms with van der Waals surface area (Å²) in [5.74, 6) is -2.49. The molecule has 1 aromatic rings. The molecule has 0 aliphatic carbocycles. The Kier molecular flexibility index (Phi) is 4.48. The molecule has 0 bridgehead atoms.